The summed E-state index contributed by atoms with van der Waals surface area (Å²) in [7, 11) is -5.81. The van der Waals surface area contributed by atoms with Crippen molar-refractivity contribution < 1.29 is 27.1 Å². The van der Waals surface area contributed by atoms with E-state index >= 15 is 0 Å². The fourth-order valence-electron chi connectivity index (χ4n) is 2.02. The number of nitro groups is 1. The molecule has 1 unspecified atom stereocenters. The van der Waals surface area contributed by atoms with E-state index in [0.717, 1.165) is 28.9 Å². The van der Waals surface area contributed by atoms with Crippen LogP contribution in [0.2, 0.25) is 0 Å². The maximum Gasteiger partial charge on any atom is 0.324 e. The number of benzene rings is 2. The van der Waals surface area contributed by atoms with Gasteiger partial charge in [-0.25, -0.2) is 8.42 Å². The van der Waals surface area contributed by atoms with E-state index in [-0.39, 0.29) is 15.5 Å². The van der Waals surface area contributed by atoms with Crippen molar-refractivity contribution in [2.24, 2.45) is 0 Å². The van der Waals surface area contributed by atoms with Crippen LogP contribution in [0.3, 0.4) is 0 Å². The van der Waals surface area contributed by atoms with Crippen LogP contribution in [0.15, 0.2) is 53.5 Å². The topological polar surface area (TPSA) is 121 Å². The Bertz CT molecular complexity index is 1080. The first kappa shape index (κ1) is 23.1. The standard InChI is InChI=1S/C15H10Br3NO7S2/c1-28(24,25)9-2-3-13(12(6-9)19(21)22)27(23)7-14(20)26-15-10(17)4-8(16)5-11(15)18/h2-6H,7H2,1H3. The summed E-state index contributed by atoms with van der Waals surface area (Å²) in [5.74, 6) is -1.38. The van der Waals surface area contributed by atoms with Gasteiger partial charge in [0.1, 0.15) is 10.6 Å². The normalized spacial score (nSPS) is 12.4. The number of halogens is 3. The van der Waals surface area contributed by atoms with Gasteiger partial charge in [0.05, 0.1) is 29.6 Å². The second-order valence-corrected chi connectivity index (χ2v) is 11.4. The van der Waals surface area contributed by atoms with E-state index in [9.17, 15) is 27.5 Å². The summed E-state index contributed by atoms with van der Waals surface area (Å²) in [4.78, 5) is 22.0. The molecule has 0 aliphatic carbocycles. The van der Waals surface area contributed by atoms with Gasteiger partial charge < -0.3 is 4.74 Å². The fraction of sp³-hybridized carbons (Fsp3) is 0.133. The molecule has 0 heterocycles. The van der Waals surface area contributed by atoms with E-state index in [0.29, 0.717) is 8.95 Å². The number of hydrogen-bond donors (Lipinski definition) is 0. The van der Waals surface area contributed by atoms with Crippen LogP contribution in [0.5, 0.6) is 5.75 Å². The minimum atomic E-state index is -3.69. The first-order valence-electron chi connectivity index (χ1n) is 7.12. The minimum Gasteiger partial charge on any atom is -0.423 e. The molecule has 13 heteroatoms. The highest BCUT2D eigenvalue weighted by atomic mass is 79.9. The molecule has 0 amide bonds. The van der Waals surface area contributed by atoms with Crippen molar-refractivity contribution >= 4 is 80.1 Å². The molecule has 28 heavy (non-hydrogen) atoms. The second kappa shape index (κ2) is 9.11. The van der Waals surface area contributed by atoms with Gasteiger partial charge in [0.25, 0.3) is 5.69 Å². The molecule has 0 saturated carbocycles. The SMILES string of the molecule is CS(=O)(=O)c1ccc(S(=O)CC(=O)Oc2c(Br)cc(Br)cc2Br)c([N+](=O)[O-])c1. The second-order valence-electron chi connectivity index (χ2n) is 5.32. The van der Waals surface area contributed by atoms with Gasteiger partial charge in [-0.05, 0) is 56.1 Å². The van der Waals surface area contributed by atoms with Crippen molar-refractivity contribution in [3.8, 4) is 5.75 Å². The maximum absolute atomic E-state index is 12.5. The van der Waals surface area contributed by atoms with Gasteiger partial charge in [0.15, 0.2) is 15.6 Å². The lowest BCUT2D eigenvalue weighted by atomic mass is 10.3. The molecule has 0 N–H and O–H groups in total. The quantitative estimate of drug-likeness (QED) is 0.207. The molecule has 0 bridgehead atoms. The van der Waals surface area contributed by atoms with Crippen molar-refractivity contribution in [1.82, 2.24) is 0 Å². The summed E-state index contributed by atoms with van der Waals surface area (Å²) in [6.07, 6.45) is 0.897. The largest absolute Gasteiger partial charge is 0.423 e. The first-order chi connectivity index (χ1) is 12.9. The Labute approximate surface area is 187 Å². The van der Waals surface area contributed by atoms with Gasteiger partial charge in [-0.2, -0.15) is 0 Å². The summed E-state index contributed by atoms with van der Waals surface area (Å²) in [5.41, 5.74) is -0.653. The molecule has 1 atom stereocenters. The van der Waals surface area contributed by atoms with Gasteiger partial charge in [-0.1, -0.05) is 15.9 Å². The number of nitrogens with zero attached hydrogens (tertiary/aromatic N) is 1. The Morgan fingerprint density at radius 3 is 2.25 bits per heavy atom. The Morgan fingerprint density at radius 1 is 1.18 bits per heavy atom. The zero-order valence-electron chi connectivity index (χ0n) is 13.8. The Kier molecular flexibility index (Phi) is 7.53. The molecule has 2 aromatic rings. The molecule has 0 saturated heterocycles. The molecule has 0 fully saturated rings. The number of carbonyl (C=O) groups is 1. The molecule has 150 valence electrons. The molecular weight excluding hydrogens is 610 g/mol. The number of carbonyl (C=O) groups excluding carboxylic acids is 1. The lowest BCUT2D eigenvalue weighted by Crippen LogP contribution is -2.18. The van der Waals surface area contributed by atoms with E-state index in [4.69, 9.17) is 4.74 Å². The molecule has 0 aliphatic rings. The van der Waals surface area contributed by atoms with E-state index in [1.165, 1.54) is 0 Å². The number of nitro benzene ring substituents is 1. The van der Waals surface area contributed by atoms with Gasteiger partial charge in [0.2, 0.25) is 0 Å². The molecule has 8 nitrogen and oxygen atoms in total. The maximum atomic E-state index is 12.5. The van der Waals surface area contributed by atoms with Crippen molar-refractivity contribution in [3.63, 3.8) is 0 Å². The van der Waals surface area contributed by atoms with Crippen LogP contribution in [0, 0.1) is 10.1 Å². The molecule has 0 spiro atoms. The number of hydrogen-bond acceptors (Lipinski definition) is 7. The third-order valence-corrected chi connectivity index (χ3v) is 7.31. The van der Waals surface area contributed by atoms with Crippen LogP contribution in [0.4, 0.5) is 5.69 Å². The molecular formula is C15H10Br3NO7S2. The lowest BCUT2D eigenvalue weighted by Gasteiger charge is -2.09. The summed E-state index contributed by atoms with van der Waals surface area (Å²) in [6, 6.07) is 6.25. The smallest absolute Gasteiger partial charge is 0.324 e. The zero-order valence-corrected chi connectivity index (χ0v) is 20.2. The highest BCUT2D eigenvalue weighted by Gasteiger charge is 2.25. The lowest BCUT2D eigenvalue weighted by molar-refractivity contribution is -0.388. The average Bonchev–Trinajstić information content (AvgIpc) is 2.56. The van der Waals surface area contributed by atoms with Crippen molar-refractivity contribution in [3.05, 3.63) is 53.9 Å². The Balaban J connectivity index is 2.28. The summed E-state index contributed by atoms with van der Waals surface area (Å²) in [5, 5.41) is 11.2. The average molecular weight is 620 g/mol. The monoisotopic (exact) mass is 617 g/mol. The van der Waals surface area contributed by atoms with Crippen molar-refractivity contribution in [2.75, 3.05) is 12.0 Å². The van der Waals surface area contributed by atoms with Crippen LogP contribution < -0.4 is 4.74 Å². The van der Waals surface area contributed by atoms with Gasteiger partial charge in [0, 0.05) is 16.8 Å². The Morgan fingerprint density at radius 2 is 1.75 bits per heavy atom. The van der Waals surface area contributed by atoms with Gasteiger partial charge >= 0.3 is 5.97 Å². The number of esters is 1. The number of sulfone groups is 1. The Hall–Kier alpha value is -1.15. The van der Waals surface area contributed by atoms with Crippen LogP contribution in [-0.2, 0) is 25.4 Å². The molecule has 2 aromatic carbocycles. The van der Waals surface area contributed by atoms with Crippen molar-refractivity contribution in [2.45, 2.75) is 9.79 Å². The number of ether oxygens (including phenoxy) is 1. The van der Waals surface area contributed by atoms with Crippen molar-refractivity contribution in [1.29, 1.82) is 0 Å². The van der Waals surface area contributed by atoms with Crippen LogP contribution in [-0.4, -0.2) is 35.5 Å². The molecule has 0 radical (unpaired) electrons. The van der Waals surface area contributed by atoms with E-state index in [2.05, 4.69) is 47.8 Å². The summed E-state index contributed by atoms with van der Waals surface area (Å²) in [6.45, 7) is 0. The highest BCUT2D eigenvalue weighted by Crippen LogP contribution is 2.36. The first-order valence-corrected chi connectivity index (χ1v) is 12.7. The number of rotatable bonds is 6. The fourth-order valence-corrected chi connectivity index (χ4v) is 6.09. The van der Waals surface area contributed by atoms with Gasteiger partial charge in [-0.3, -0.25) is 19.1 Å². The predicted molar refractivity (Wildman–Crippen MR) is 113 cm³/mol. The molecule has 0 aliphatic heterocycles. The van der Waals surface area contributed by atoms with Crippen LogP contribution >= 0.6 is 47.8 Å². The minimum absolute atomic E-state index is 0.159. The summed E-state index contributed by atoms with van der Waals surface area (Å²) < 4.78 is 42.4. The molecule has 2 rings (SSSR count). The zero-order chi connectivity index (χ0) is 21.2. The third-order valence-electron chi connectivity index (χ3n) is 3.23. The van der Waals surface area contributed by atoms with Crippen LogP contribution in [0.25, 0.3) is 0 Å². The predicted octanol–water partition coefficient (Wildman–Crippen LogP) is 4.00. The summed E-state index contributed by atoms with van der Waals surface area (Å²) >= 11 is 9.74. The van der Waals surface area contributed by atoms with E-state index in [1.807, 2.05) is 0 Å². The van der Waals surface area contributed by atoms with Gasteiger partial charge in [-0.15, -0.1) is 0 Å². The van der Waals surface area contributed by atoms with E-state index < -0.39 is 43.0 Å². The van der Waals surface area contributed by atoms with E-state index in [1.54, 1.807) is 12.1 Å². The third kappa shape index (κ3) is 5.69. The molecule has 0 aromatic heterocycles. The van der Waals surface area contributed by atoms with Crippen LogP contribution in [0.1, 0.15) is 0 Å². The highest BCUT2D eigenvalue weighted by molar-refractivity contribution is 9.11.